The first-order chi connectivity index (χ1) is 14.1. The minimum absolute atomic E-state index is 0.0671. The second-order valence-corrected chi connectivity index (χ2v) is 7.71. The Hall–Kier alpha value is -2.83. The van der Waals surface area contributed by atoms with Crippen LogP contribution >= 0.6 is 0 Å². The molecule has 1 aromatic heterocycles. The monoisotopic (exact) mass is 418 g/mol. The number of pyridine rings is 1. The Morgan fingerprint density at radius 3 is 2.40 bits per heavy atom. The summed E-state index contributed by atoms with van der Waals surface area (Å²) in [7, 11) is 0. The lowest BCUT2D eigenvalue weighted by molar-refractivity contribution is -0.121. The highest BCUT2D eigenvalue weighted by Crippen LogP contribution is 2.23. The third kappa shape index (κ3) is 6.61. The normalized spacial score (nSPS) is 12.2. The number of rotatable bonds is 9. The molecule has 2 aromatic rings. The second-order valence-electron chi connectivity index (χ2n) is 7.71. The molecule has 30 heavy (non-hydrogen) atoms. The van der Waals surface area contributed by atoms with E-state index in [1.54, 1.807) is 44.2 Å². The van der Waals surface area contributed by atoms with Gasteiger partial charge in [0.2, 0.25) is 0 Å². The molecule has 5 nitrogen and oxygen atoms in total. The average Bonchev–Trinajstić information content (AvgIpc) is 2.66. The van der Waals surface area contributed by atoms with Crippen LogP contribution in [0.25, 0.3) is 0 Å². The lowest BCUT2D eigenvalue weighted by Crippen LogP contribution is -2.27. The van der Waals surface area contributed by atoms with Crippen LogP contribution in [-0.4, -0.2) is 29.7 Å². The number of carbonyl (C=O) groups excluding carboxylic acids is 2. The summed E-state index contributed by atoms with van der Waals surface area (Å²) in [5, 5.41) is 2.93. The minimum Gasteiger partial charge on any atom is -0.487 e. The highest BCUT2D eigenvalue weighted by Gasteiger charge is 2.16. The largest absolute Gasteiger partial charge is 0.487 e. The van der Waals surface area contributed by atoms with Crippen molar-refractivity contribution in [2.24, 2.45) is 5.92 Å². The van der Waals surface area contributed by atoms with Gasteiger partial charge < -0.3 is 10.1 Å². The smallest absolute Gasteiger partial charge is 0.272 e. The van der Waals surface area contributed by atoms with Crippen LogP contribution in [0, 0.1) is 19.8 Å². The Morgan fingerprint density at radius 1 is 1.10 bits per heavy atom. The maximum Gasteiger partial charge on any atom is 0.272 e. The molecule has 1 aromatic carbocycles. The van der Waals surface area contributed by atoms with Crippen LogP contribution in [-0.2, 0) is 11.2 Å². The van der Waals surface area contributed by atoms with Crippen molar-refractivity contribution in [1.29, 1.82) is 0 Å². The second kappa shape index (κ2) is 10.3. The van der Waals surface area contributed by atoms with Crippen molar-refractivity contribution in [2.45, 2.75) is 53.5 Å². The van der Waals surface area contributed by atoms with Crippen LogP contribution < -0.4 is 10.1 Å². The van der Waals surface area contributed by atoms with Gasteiger partial charge in [-0.25, -0.2) is 8.78 Å². The van der Waals surface area contributed by atoms with Crippen molar-refractivity contribution in [3.63, 3.8) is 0 Å². The summed E-state index contributed by atoms with van der Waals surface area (Å²) < 4.78 is 29.8. The van der Waals surface area contributed by atoms with E-state index < -0.39 is 13.0 Å². The quantitative estimate of drug-likeness (QED) is 0.646. The maximum atomic E-state index is 12.7. The van der Waals surface area contributed by atoms with E-state index in [-0.39, 0.29) is 30.1 Å². The summed E-state index contributed by atoms with van der Waals surface area (Å²) in [6.45, 7) is 8.39. The lowest BCUT2D eigenvalue weighted by Gasteiger charge is -2.17. The lowest BCUT2D eigenvalue weighted by atomic mass is 10.0. The highest BCUT2D eigenvalue weighted by molar-refractivity contribution is 5.95. The summed E-state index contributed by atoms with van der Waals surface area (Å²) in [5.74, 6) is 0.0849. The third-order valence-electron chi connectivity index (χ3n) is 4.68. The molecular weight excluding hydrogens is 390 g/mol. The molecule has 162 valence electrons. The van der Waals surface area contributed by atoms with Gasteiger partial charge in [-0.1, -0.05) is 26.0 Å². The Kier molecular flexibility index (Phi) is 8.03. The molecule has 1 unspecified atom stereocenters. The number of ketones is 1. The third-order valence-corrected chi connectivity index (χ3v) is 4.68. The number of aryl methyl sites for hydroxylation is 2. The summed E-state index contributed by atoms with van der Waals surface area (Å²) in [6, 6.07) is 8.18. The molecule has 0 aliphatic carbocycles. The van der Waals surface area contributed by atoms with E-state index in [9.17, 15) is 18.4 Å². The summed E-state index contributed by atoms with van der Waals surface area (Å²) in [6.07, 6.45) is -2.35. The number of hydrogen-bond donors (Lipinski definition) is 1. The topological polar surface area (TPSA) is 68.3 Å². The van der Waals surface area contributed by atoms with E-state index in [0.717, 1.165) is 5.56 Å². The first-order valence-corrected chi connectivity index (χ1v) is 9.89. The number of hydrogen-bond acceptors (Lipinski definition) is 4. The van der Waals surface area contributed by atoms with Crippen molar-refractivity contribution in [3.8, 4) is 5.75 Å². The molecule has 0 aliphatic heterocycles. The van der Waals surface area contributed by atoms with Gasteiger partial charge in [0.1, 0.15) is 18.1 Å². The van der Waals surface area contributed by atoms with Gasteiger partial charge >= 0.3 is 0 Å². The number of halogens is 2. The number of carbonyl (C=O) groups is 2. The maximum absolute atomic E-state index is 12.7. The number of amides is 1. The van der Waals surface area contributed by atoms with Gasteiger partial charge in [0.25, 0.3) is 12.3 Å². The van der Waals surface area contributed by atoms with Gasteiger partial charge in [0, 0.05) is 29.3 Å². The average molecular weight is 418 g/mol. The van der Waals surface area contributed by atoms with Crippen LogP contribution in [0.5, 0.6) is 5.75 Å². The summed E-state index contributed by atoms with van der Waals surface area (Å²) >= 11 is 0. The SMILES string of the molecule is Cc1cc(C(=O)NC(C)c2ccc(OCC(F)F)c(C)c2)cc(CC(=O)C(C)C)n1. The minimum atomic E-state index is -2.54. The van der Waals surface area contributed by atoms with Crippen LogP contribution in [0.3, 0.4) is 0 Å². The molecule has 1 atom stereocenters. The molecule has 0 spiro atoms. The van der Waals surface area contributed by atoms with E-state index in [4.69, 9.17) is 4.74 Å². The molecule has 1 heterocycles. The fraction of sp³-hybridized carbons (Fsp3) is 0.435. The molecule has 1 amide bonds. The molecule has 0 fully saturated rings. The molecule has 0 saturated heterocycles. The van der Waals surface area contributed by atoms with Gasteiger partial charge in [-0.05, 0) is 50.1 Å². The molecule has 0 aliphatic rings. The zero-order valence-electron chi connectivity index (χ0n) is 18.0. The van der Waals surface area contributed by atoms with E-state index in [2.05, 4.69) is 10.3 Å². The predicted octanol–water partition coefficient (Wildman–Crippen LogP) is 4.60. The van der Waals surface area contributed by atoms with Crippen molar-refractivity contribution in [1.82, 2.24) is 10.3 Å². The van der Waals surface area contributed by atoms with E-state index >= 15 is 0 Å². The Labute approximate surface area is 175 Å². The zero-order chi connectivity index (χ0) is 22.4. The van der Waals surface area contributed by atoms with Gasteiger partial charge in [-0.3, -0.25) is 14.6 Å². The Bertz CT molecular complexity index is 913. The van der Waals surface area contributed by atoms with Crippen molar-refractivity contribution in [3.05, 3.63) is 58.4 Å². The fourth-order valence-corrected chi connectivity index (χ4v) is 2.96. The van der Waals surface area contributed by atoms with Crippen LogP contribution in [0.4, 0.5) is 8.78 Å². The van der Waals surface area contributed by atoms with E-state index in [1.807, 2.05) is 20.8 Å². The number of benzene rings is 1. The summed E-state index contributed by atoms with van der Waals surface area (Å²) in [4.78, 5) is 29.1. The van der Waals surface area contributed by atoms with Crippen molar-refractivity contribution >= 4 is 11.7 Å². The number of Topliss-reactive ketones (excluding diaryl/α,β-unsaturated/α-hetero) is 1. The molecule has 0 bridgehead atoms. The number of aromatic nitrogens is 1. The molecule has 1 N–H and O–H groups in total. The Balaban J connectivity index is 2.11. The van der Waals surface area contributed by atoms with E-state index in [1.165, 1.54) is 0 Å². The van der Waals surface area contributed by atoms with Gasteiger partial charge in [0.05, 0.1) is 6.04 Å². The number of alkyl halides is 2. The molecule has 0 radical (unpaired) electrons. The molecule has 7 heteroatoms. The van der Waals surface area contributed by atoms with Gasteiger partial charge in [-0.15, -0.1) is 0 Å². The van der Waals surface area contributed by atoms with Crippen LogP contribution in [0.1, 0.15) is 59.7 Å². The molecule has 2 rings (SSSR count). The van der Waals surface area contributed by atoms with E-state index in [0.29, 0.717) is 28.3 Å². The number of nitrogens with one attached hydrogen (secondary N) is 1. The first-order valence-electron chi connectivity index (χ1n) is 9.89. The van der Waals surface area contributed by atoms with Gasteiger partial charge in [0.15, 0.2) is 0 Å². The van der Waals surface area contributed by atoms with Gasteiger partial charge in [-0.2, -0.15) is 0 Å². The number of ether oxygens (including phenoxy) is 1. The zero-order valence-corrected chi connectivity index (χ0v) is 18.0. The van der Waals surface area contributed by atoms with Crippen LogP contribution in [0.2, 0.25) is 0 Å². The standard InChI is InChI=1S/C23H28F2N2O3/c1-13(2)20(28)11-19-10-18(9-15(4)26-19)23(29)27-16(5)17-6-7-21(14(3)8-17)30-12-22(24)25/h6-10,13,16,22H,11-12H2,1-5H3,(H,27,29). The number of nitrogens with zero attached hydrogens (tertiary/aromatic N) is 1. The molecular formula is C23H28F2N2O3. The highest BCUT2D eigenvalue weighted by atomic mass is 19.3. The first kappa shape index (κ1) is 23.4. The predicted molar refractivity (Wildman–Crippen MR) is 111 cm³/mol. The van der Waals surface area contributed by atoms with Crippen molar-refractivity contribution < 1.29 is 23.1 Å². The fourth-order valence-electron chi connectivity index (χ4n) is 2.96. The van der Waals surface area contributed by atoms with Crippen LogP contribution in [0.15, 0.2) is 30.3 Å². The summed E-state index contributed by atoms with van der Waals surface area (Å²) in [5.41, 5.74) is 3.21. The Morgan fingerprint density at radius 2 is 1.80 bits per heavy atom. The van der Waals surface area contributed by atoms with Crippen molar-refractivity contribution in [2.75, 3.05) is 6.61 Å². The molecule has 0 saturated carbocycles.